The van der Waals surface area contributed by atoms with Crippen LogP contribution in [0.25, 0.3) is 0 Å². The molecular formula is C46H76O11. The molecule has 57 heavy (non-hydrogen) atoms. The smallest absolute Gasteiger partial charge is 0.330 e. The normalized spacial score (nSPS) is 46.2. The Kier molecular flexibility index (Phi) is 18.4. The largest absolute Gasteiger partial charge is 0.458 e. The first-order chi connectivity index (χ1) is 26.6. The van der Waals surface area contributed by atoms with Gasteiger partial charge < -0.3 is 39.7 Å². The molecular weight excluding hydrogens is 728 g/mol. The topological polar surface area (TPSA) is 180 Å². The Hall–Kier alpha value is -2.25. The first-order valence-electron chi connectivity index (χ1n) is 21.7. The number of aliphatic hydroxyl groups excluding tert-OH is 4. The van der Waals surface area contributed by atoms with Crippen LogP contribution in [0.3, 0.4) is 0 Å². The number of ether oxygens (including phenoxy) is 3. The van der Waals surface area contributed by atoms with Gasteiger partial charge in [-0.05, 0) is 76.5 Å². The predicted octanol–water partition coefficient (Wildman–Crippen LogP) is 6.27. The van der Waals surface area contributed by atoms with Crippen LogP contribution < -0.4 is 0 Å². The van der Waals surface area contributed by atoms with Crippen LogP contribution in [0.1, 0.15) is 128 Å². The monoisotopic (exact) mass is 805 g/mol. The molecule has 2 saturated heterocycles. The third-order valence-electron chi connectivity index (χ3n) is 13.6. The minimum Gasteiger partial charge on any atom is -0.458 e. The Labute approximate surface area is 342 Å². The van der Waals surface area contributed by atoms with E-state index in [1.165, 1.54) is 32.9 Å². The van der Waals surface area contributed by atoms with E-state index < -0.39 is 89.0 Å². The lowest BCUT2D eigenvalue weighted by Gasteiger charge is -2.56. The minimum absolute atomic E-state index is 0.163. The third-order valence-corrected chi connectivity index (χ3v) is 13.6. The lowest BCUT2D eigenvalue weighted by molar-refractivity contribution is -0.374. The number of carbonyl (C=O) groups excluding carboxylic acids is 3. The summed E-state index contributed by atoms with van der Waals surface area (Å²) in [4.78, 5) is 40.7. The third kappa shape index (κ3) is 12.0. The van der Waals surface area contributed by atoms with Crippen molar-refractivity contribution in [3.8, 4) is 0 Å². The number of fused-ring (bicyclic) bond motifs is 2. The molecule has 2 fully saturated rings. The van der Waals surface area contributed by atoms with Crippen LogP contribution in [-0.4, -0.2) is 97.2 Å². The minimum atomic E-state index is -2.18. The molecule has 3 aliphatic rings. The number of hydrogen-bond acceptors (Lipinski definition) is 11. The molecule has 5 N–H and O–H groups in total. The van der Waals surface area contributed by atoms with Gasteiger partial charge in [-0.15, -0.1) is 0 Å². The van der Waals surface area contributed by atoms with Crippen LogP contribution in [0, 0.1) is 53.3 Å². The highest BCUT2D eigenvalue weighted by molar-refractivity contribution is 5.91. The fourth-order valence-corrected chi connectivity index (χ4v) is 9.37. The molecule has 11 heteroatoms. The first kappa shape index (κ1) is 49.1. The second-order valence-electron chi connectivity index (χ2n) is 18.2. The van der Waals surface area contributed by atoms with Crippen molar-refractivity contribution in [1.82, 2.24) is 0 Å². The van der Waals surface area contributed by atoms with Gasteiger partial charge in [0.25, 0.3) is 0 Å². The summed E-state index contributed by atoms with van der Waals surface area (Å²) in [5, 5.41) is 55.2. The van der Waals surface area contributed by atoms with Gasteiger partial charge in [0.2, 0.25) is 0 Å². The van der Waals surface area contributed by atoms with Crippen molar-refractivity contribution in [3.05, 3.63) is 36.5 Å². The maximum absolute atomic E-state index is 13.6. The molecule has 0 radical (unpaired) electrons. The fraction of sp³-hybridized carbons (Fsp3) is 0.804. The number of aliphatic hydroxyl groups is 5. The van der Waals surface area contributed by atoms with E-state index in [1.807, 2.05) is 25.2 Å². The average molecular weight is 805 g/mol. The molecule has 326 valence electrons. The SMILES string of the molecule is CC[C@@H]1/C=C\C=C/C[C@@H](C)[C@@H](O)[C@](C)(O)C(=O)[C@H](C)[C@@H](O)[C@H](C)C(=O)[C@H](C)[C@@H](O)[C@H](C)/C=C\C(=O)O[C@@H]2[C@H](C)[C@@H](CC1)O[C@]1(CC[C@@H](C)[C@@H](C[C@@H](C)O)O1)[C@@H]2CC. The highest BCUT2D eigenvalue weighted by Crippen LogP contribution is 2.50. The summed E-state index contributed by atoms with van der Waals surface area (Å²) in [7, 11) is 0. The van der Waals surface area contributed by atoms with Crippen LogP contribution in [0.5, 0.6) is 0 Å². The van der Waals surface area contributed by atoms with Crippen LogP contribution in [0.15, 0.2) is 36.5 Å². The zero-order chi connectivity index (χ0) is 43.0. The van der Waals surface area contributed by atoms with E-state index in [2.05, 4.69) is 26.8 Å². The van der Waals surface area contributed by atoms with Crippen molar-refractivity contribution in [2.24, 2.45) is 53.3 Å². The van der Waals surface area contributed by atoms with E-state index in [1.54, 1.807) is 27.7 Å². The summed E-state index contributed by atoms with van der Waals surface area (Å²) in [5.41, 5.74) is -2.18. The predicted molar refractivity (Wildman–Crippen MR) is 220 cm³/mol. The summed E-state index contributed by atoms with van der Waals surface area (Å²) < 4.78 is 20.3. The summed E-state index contributed by atoms with van der Waals surface area (Å²) in [6.45, 7) is 19.2. The number of hydrogen-bond donors (Lipinski definition) is 5. The molecule has 18 atom stereocenters. The van der Waals surface area contributed by atoms with E-state index in [4.69, 9.17) is 14.2 Å². The van der Waals surface area contributed by atoms with E-state index in [0.29, 0.717) is 32.1 Å². The molecule has 3 aliphatic heterocycles. The Morgan fingerprint density at radius 1 is 0.825 bits per heavy atom. The van der Waals surface area contributed by atoms with E-state index in [0.717, 1.165) is 19.3 Å². The molecule has 1 spiro atoms. The van der Waals surface area contributed by atoms with Crippen molar-refractivity contribution < 1.29 is 54.1 Å². The van der Waals surface area contributed by atoms with Gasteiger partial charge in [0.1, 0.15) is 17.5 Å². The van der Waals surface area contributed by atoms with Crippen LogP contribution in [0.2, 0.25) is 0 Å². The molecule has 0 saturated carbocycles. The number of esters is 1. The highest BCUT2D eigenvalue weighted by atomic mass is 16.7. The maximum Gasteiger partial charge on any atom is 0.330 e. The van der Waals surface area contributed by atoms with Crippen LogP contribution >= 0.6 is 0 Å². The number of Topliss-reactive ketones (excluding diaryl/α,β-unsaturated/α-hetero) is 2. The zero-order valence-electron chi connectivity index (χ0n) is 36.5. The van der Waals surface area contributed by atoms with Gasteiger partial charge in [-0.1, -0.05) is 92.7 Å². The Morgan fingerprint density at radius 2 is 1.47 bits per heavy atom. The second kappa shape index (κ2) is 21.3. The maximum atomic E-state index is 13.6. The number of allylic oxidation sites excluding steroid dienone is 4. The van der Waals surface area contributed by atoms with Crippen molar-refractivity contribution >= 4 is 17.5 Å². The van der Waals surface area contributed by atoms with Gasteiger partial charge in [0.05, 0.1) is 42.5 Å². The van der Waals surface area contributed by atoms with Crippen molar-refractivity contribution in [1.29, 1.82) is 0 Å². The quantitative estimate of drug-likeness (QED) is 0.202. The number of carbonyl (C=O) groups is 3. The zero-order valence-corrected chi connectivity index (χ0v) is 36.5. The molecule has 2 bridgehead atoms. The average Bonchev–Trinajstić information content (AvgIpc) is 3.17. The molecule has 0 aliphatic carbocycles. The van der Waals surface area contributed by atoms with Crippen LogP contribution in [0.4, 0.5) is 0 Å². The van der Waals surface area contributed by atoms with Crippen molar-refractivity contribution in [2.75, 3.05) is 0 Å². The molecule has 11 nitrogen and oxygen atoms in total. The molecule has 3 heterocycles. The van der Waals surface area contributed by atoms with E-state index >= 15 is 0 Å². The van der Waals surface area contributed by atoms with Gasteiger partial charge in [-0.2, -0.15) is 0 Å². The molecule has 0 amide bonds. The fourth-order valence-electron chi connectivity index (χ4n) is 9.37. The molecule has 0 aromatic carbocycles. The standard InChI is InChI=1S/C46H76O11/c1-12-34-18-16-14-15-17-28(5)43(52)45(11,54)44(53)33(10)41(51)32(9)40(50)31(8)39(49)27(4)19-22-38(48)55-42-30(7)36(21-20-34)56-46(35(42)13-2)24-23-26(3)37(57-46)25-29(6)47/h14-16,18-19,22,26-37,39,41-43,47,49,51-52,54H,12-13,17,20-21,23-25H2,1-11H3/b15-14-,18-16-,22-19-/t26-,27-,28-,29-,30-,31-,32-,33-,34-,35-,36-,37-,39+,41+,42-,43-,45+,46+/m1/s1. The number of rotatable bonds is 4. The molecule has 3 rings (SSSR count). The lowest BCUT2D eigenvalue weighted by Crippen LogP contribution is -2.63. The number of ketones is 2. The summed E-state index contributed by atoms with van der Waals surface area (Å²) in [6, 6.07) is 0. The highest BCUT2D eigenvalue weighted by Gasteiger charge is 2.57. The van der Waals surface area contributed by atoms with Gasteiger partial charge in [-0.25, -0.2) is 4.79 Å². The van der Waals surface area contributed by atoms with Crippen LogP contribution in [-0.2, 0) is 28.6 Å². The Bertz CT molecular complexity index is 1400. The van der Waals surface area contributed by atoms with Gasteiger partial charge in [0, 0.05) is 42.1 Å². The molecule has 0 unspecified atom stereocenters. The summed E-state index contributed by atoms with van der Waals surface area (Å²) >= 11 is 0. The van der Waals surface area contributed by atoms with Gasteiger partial charge >= 0.3 is 5.97 Å². The molecule has 0 aromatic rings. The van der Waals surface area contributed by atoms with Gasteiger partial charge in [0.15, 0.2) is 11.6 Å². The van der Waals surface area contributed by atoms with Crippen molar-refractivity contribution in [3.63, 3.8) is 0 Å². The Morgan fingerprint density at radius 3 is 2.09 bits per heavy atom. The van der Waals surface area contributed by atoms with E-state index in [-0.39, 0.29) is 35.9 Å². The van der Waals surface area contributed by atoms with Crippen molar-refractivity contribution in [2.45, 2.75) is 182 Å². The lowest BCUT2D eigenvalue weighted by atomic mass is 9.73. The first-order valence-corrected chi connectivity index (χ1v) is 21.7. The second-order valence-corrected chi connectivity index (χ2v) is 18.2. The molecule has 0 aromatic heterocycles. The summed E-state index contributed by atoms with van der Waals surface area (Å²) in [5.74, 6) is -7.21. The Balaban J connectivity index is 2.02. The van der Waals surface area contributed by atoms with E-state index in [9.17, 15) is 39.9 Å². The van der Waals surface area contributed by atoms with Gasteiger partial charge in [-0.3, -0.25) is 9.59 Å². The summed E-state index contributed by atoms with van der Waals surface area (Å²) in [6.07, 6.45) is 10.3.